The number of morpholine rings is 1. The number of hydrogen-bond acceptors (Lipinski definition) is 4. The highest BCUT2D eigenvalue weighted by molar-refractivity contribution is 5.04. The van der Waals surface area contributed by atoms with Crippen LogP contribution in [0.3, 0.4) is 0 Å². The van der Waals surface area contributed by atoms with Gasteiger partial charge in [0.05, 0.1) is 18.9 Å². The molecular weight excluding hydrogens is 216 g/mol. The average Bonchev–Trinajstić information content (AvgIpc) is 2.77. The van der Waals surface area contributed by atoms with Crippen LogP contribution in [-0.4, -0.2) is 46.5 Å². The molecule has 17 heavy (non-hydrogen) atoms. The van der Waals surface area contributed by atoms with E-state index in [1.54, 1.807) is 0 Å². The Balaban J connectivity index is 1.90. The van der Waals surface area contributed by atoms with Gasteiger partial charge in [0.15, 0.2) is 0 Å². The largest absolute Gasteiger partial charge is 0.374 e. The molecule has 0 aromatic carbocycles. The number of hydrogen-bond donors (Lipinski definition) is 1. The molecule has 1 aliphatic heterocycles. The lowest BCUT2D eigenvalue weighted by Gasteiger charge is -2.34. The average molecular weight is 238 g/mol. The van der Waals surface area contributed by atoms with E-state index in [0.717, 1.165) is 32.8 Å². The van der Waals surface area contributed by atoms with Gasteiger partial charge in [0.1, 0.15) is 0 Å². The highest BCUT2D eigenvalue weighted by Crippen LogP contribution is 2.11. The third-order valence-electron chi connectivity index (χ3n) is 3.18. The van der Waals surface area contributed by atoms with Crippen molar-refractivity contribution in [2.24, 2.45) is 5.73 Å². The van der Waals surface area contributed by atoms with E-state index in [0.29, 0.717) is 0 Å². The molecule has 2 heterocycles. The molecule has 1 saturated heterocycles. The summed E-state index contributed by atoms with van der Waals surface area (Å²) in [5.74, 6) is 0. The van der Waals surface area contributed by atoms with Gasteiger partial charge in [-0.2, -0.15) is 5.10 Å². The molecule has 96 valence electrons. The van der Waals surface area contributed by atoms with Gasteiger partial charge in [-0.05, 0) is 13.8 Å². The standard InChI is InChI=1S/C12H22N4O/c1-3-16-8-11(6-14-16)7-15-4-5-17-12(9-15)10(2)13/h6,8,10,12H,3-5,7,9,13H2,1-2H3. The van der Waals surface area contributed by atoms with Gasteiger partial charge in [0, 0.05) is 44.0 Å². The Labute approximate surface area is 103 Å². The van der Waals surface area contributed by atoms with Crippen LogP contribution in [0.2, 0.25) is 0 Å². The minimum atomic E-state index is 0.0937. The van der Waals surface area contributed by atoms with Gasteiger partial charge < -0.3 is 10.5 Å². The topological polar surface area (TPSA) is 56.3 Å². The molecule has 0 aliphatic carbocycles. The number of ether oxygens (including phenoxy) is 1. The van der Waals surface area contributed by atoms with Crippen molar-refractivity contribution in [3.8, 4) is 0 Å². The minimum Gasteiger partial charge on any atom is -0.374 e. The molecule has 0 bridgehead atoms. The second-order valence-corrected chi connectivity index (χ2v) is 4.71. The molecule has 1 fully saturated rings. The zero-order valence-corrected chi connectivity index (χ0v) is 10.7. The van der Waals surface area contributed by atoms with E-state index in [1.165, 1.54) is 5.56 Å². The van der Waals surface area contributed by atoms with Gasteiger partial charge in [-0.25, -0.2) is 0 Å². The molecule has 0 radical (unpaired) electrons. The molecule has 1 aromatic rings. The molecular formula is C12H22N4O. The van der Waals surface area contributed by atoms with Crippen molar-refractivity contribution >= 4 is 0 Å². The molecule has 0 spiro atoms. The van der Waals surface area contributed by atoms with Gasteiger partial charge in [0.2, 0.25) is 0 Å². The molecule has 2 atom stereocenters. The van der Waals surface area contributed by atoms with Crippen LogP contribution in [0.25, 0.3) is 0 Å². The van der Waals surface area contributed by atoms with E-state index in [4.69, 9.17) is 10.5 Å². The van der Waals surface area contributed by atoms with E-state index in [1.807, 2.05) is 17.8 Å². The van der Waals surface area contributed by atoms with Crippen LogP contribution in [0, 0.1) is 0 Å². The van der Waals surface area contributed by atoms with Crippen molar-refractivity contribution in [2.75, 3.05) is 19.7 Å². The fraction of sp³-hybridized carbons (Fsp3) is 0.750. The lowest BCUT2D eigenvalue weighted by atomic mass is 10.1. The smallest absolute Gasteiger partial charge is 0.0850 e. The van der Waals surface area contributed by atoms with E-state index in [9.17, 15) is 0 Å². The first-order chi connectivity index (χ1) is 8.19. The van der Waals surface area contributed by atoms with Crippen LogP contribution in [0.5, 0.6) is 0 Å². The zero-order valence-electron chi connectivity index (χ0n) is 10.7. The molecule has 0 saturated carbocycles. The first kappa shape index (κ1) is 12.5. The highest BCUT2D eigenvalue weighted by Gasteiger charge is 2.23. The Morgan fingerprint density at radius 2 is 2.47 bits per heavy atom. The zero-order chi connectivity index (χ0) is 12.3. The Kier molecular flexibility index (Phi) is 4.15. The first-order valence-corrected chi connectivity index (χ1v) is 6.30. The van der Waals surface area contributed by atoms with Crippen molar-refractivity contribution in [3.05, 3.63) is 18.0 Å². The van der Waals surface area contributed by atoms with Crippen LogP contribution in [0.4, 0.5) is 0 Å². The normalized spacial score (nSPS) is 23.8. The fourth-order valence-corrected chi connectivity index (χ4v) is 2.11. The predicted molar refractivity (Wildman–Crippen MR) is 66.6 cm³/mol. The molecule has 2 N–H and O–H groups in total. The van der Waals surface area contributed by atoms with E-state index in [-0.39, 0.29) is 12.1 Å². The number of aryl methyl sites for hydroxylation is 1. The summed E-state index contributed by atoms with van der Waals surface area (Å²) in [6.07, 6.45) is 4.21. The lowest BCUT2D eigenvalue weighted by molar-refractivity contribution is -0.0403. The van der Waals surface area contributed by atoms with E-state index in [2.05, 4.69) is 23.1 Å². The summed E-state index contributed by atoms with van der Waals surface area (Å²) in [4.78, 5) is 2.38. The third kappa shape index (κ3) is 3.28. The maximum atomic E-state index is 5.88. The quantitative estimate of drug-likeness (QED) is 0.827. The summed E-state index contributed by atoms with van der Waals surface area (Å²) < 4.78 is 7.60. The minimum absolute atomic E-state index is 0.0937. The Morgan fingerprint density at radius 3 is 3.12 bits per heavy atom. The number of rotatable bonds is 4. The van der Waals surface area contributed by atoms with E-state index < -0.39 is 0 Å². The van der Waals surface area contributed by atoms with Gasteiger partial charge in [-0.1, -0.05) is 0 Å². The van der Waals surface area contributed by atoms with Gasteiger partial charge in [-0.3, -0.25) is 9.58 Å². The molecule has 2 rings (SSSR count). The highest BCUT2D eigenvalue weighted by atomic mass is 16.5. The molecule has 1 aliphatic rings. The monoisotopic (exact) mass is 238 g/mol. The van der Waals surface area contributed by atoms with Crippen LogP contribution in [-0.2, 0) is 17.8 Å². The van der Waals surface area contributed by atoms with Gasteiger partial charge >= 0.3 is 0 Å². The molecule has 0 amide bonds. The van der Waals surface area contributed by atoms with Gasteiger partial charge in [0.25, 0.3) is 0 Å². The molecule has 5 heteroatoms. The van der Waals surface area contributed by atoms with Crippen LogP contribution in [0.1, 0.15) is 19.4 Å². The summed E-state index contributed by atoms with van der Waals surface area (Å²) in [6, 6.07) is 0.0937. The number of nitrogens with zero attached hydrogens (tertiary/aromatic N) is 3. The summed E-state index contributed by atoms with van der Waals surface area (Å²) in [5, 5.41) is 4.29. The van der Waals surface area contributed by atoms with Crippen molar-refractivity contribution in [1.82, 2.24) is 14.7 Å². The molecule has 1 aromatic heterocycles. The lowest BCUT2D eigenvalue weighted by Crippen LogP contribution is -2.49. The number of aromatic nitrogens is 2. The summed E-state index contributed by atoms with van der Waals surface area (Å²) in [7, 11) is 0. The Morgan fingerprint density at radius 1 is 1.65 bits per heavy atom. The SMILES string of the molecule is CCn1cc(CN2CCOC(C(C)N)C2)cn1. The maximum Gasteiger partial charge on any atom is 0.0850 e. The van der Waals surface area contributed by atoms with Gasteiger partial charge in [-0.15, -0.1) is 0 Å². The van der Waals surface area contributed by atoms with Crippen LogP contribution < -0.4 is 5.73 Å². The van der Waals surface area contributed by atoms with Crippen LogP contribution in [0.15, 0.2) is 12.4 Å². The van der Waals surface area contributed by atoms with E-state index >= 15 is 0 Å². The molecule has 5 nitrogen and oxygen atoms in total. The summed E-state index contributed by atoms with van der Waals surface area (Å²) >= 11 is 0. The molecule has 2 unspecified atom stereocenters. The second-order valence-electron chi connectivity index (χ2n) is 4.71. The Hall–Kier alpha value is -0.910. The first-order valence-electron chi connectivity index (χ1n) is 6.30. The predicted octanol–water partition coefficient (Wildman–Crippen LogP) is 0.451. The maximum absolute atomic E-state index is 5.88. The van der Waals surface area contributed by atoms with Crippen LogP contribution >= 0.6 is 0 Å². The summed E-state index contributed by atoms with van der Waals surface area (Å²) in [6.45, 7) is 8.61. The number of nitrogens with two attached hydrogens (primary N) is 1. The third-order valence-corrected chi connectivity index (χ3v) is 3.18. The second kappa shape index (κ2) is 5.62. The Bertz CT molecular complexity index is 350. The van der Waals surface area contributed by atoms with Crippen molar-refractivity contribution in [1.29, 1.82) is 0 Å². The van der Waals surface area contributed by atoms with Crippen molar-refractivity contribution < 1.29 is 4.74 Å². The fourth-order valence-electron chi connectivity index (χ4n) is 2.11. The van der Waals surface area contributed by atoms with Crippen molar-refractivity contribution in [3.63, 3.8) is 0 Å². The van der Waals surface area contributed by atoms with Crippen molar-refractivity contribution in [2.45, 2.75) is 39.1 Å². The summed E-state index contributed by atoms with van der Waals surface area (Å²) in [5.41, 5.74) is 7.14.